The molecule has 13 saturated carbocycles. The fraction of sp³-hybridized carbons (Fsp3) is 0.915. The molecule has 25 heteroatoms. The molecule has 22 aliphatic rings. The van der Waals surface area contributed by atoms with E-state index in [0.717, 1.165) is 114 Å². The van der Waals surface area contributed by atoms with E-state index in [9.17, 15) is 58.2 Å². The van der Waals surface area contributed by atoms with Crippen LogP contribution in [-0.2, 0) is 110 Å². The lowest BCUT2D eigenvalue weighted by molar-refractivity contribution is -0.226. The third-order valence-corrected chi connectivity index (χ3v) is 36.1. The van der Waals surface area contributed by atoms with Gasteiger partial charge in [-0.05, 0) is 351 Å². The molecule has 143 heavy (non-hydrogen) atoms. The summed E-state index contributed by atoms with van der Waals surface area (Å²) in [5, 5.41) is 21.3. The molecule has 13 aliphatic carbocycles. The zero-order valence-electron chi connectivity index (χ0n) is 83.0. The Morgan fingerprint density at radius 3 is 0.783 bits per heavy atom. The molecule has 9 aliphatic heterocycles. The van der Waals surface area contributed by atoms with Crippen molar-refractivity contribution in [3.63, 3.8) is 0 Å². The smallest absolute Gasteiger partial charge is 0.312 e. The SMILES string of the molecule is C.C.C.C.C.C.C.C.C.C.C.C.C.C.CCC(C)(C)C(=O)OC(C)(C)C12CC3CC(CC(C3)C1)C2.CCC(C)(C)C(=O)OC12CC3CC(CC(O)(C3)C1)C2.CCC(C)(C)C(=O)OC12CC3CC(CC(O)(C3)C1)C2.CCC(C)(C)C(=O)OC1C2CC3C(=O)OC1C3O2.CCC(C)(C)C(=O)OC1C2CC3C(=O)OC1C3O2.CCC(C)(C)C(=O)OC1C2CC3C(=O)OC1C3O2.CCC1(OC(=O)C(C)(C)CC)CCCCC1. The Morgan fingerprint density at radius 1 is 0.301 bits per heavy atom. The van der Waals surface area contributed by atoms with Gasteiger partial charge in [0.15, 0.2) is 36.6 Å². The summed E-state index contributed by atoms with van der Waals surface area (Å²) >= 11 is 0. The molecule has 0 aromatic heterocycles. The second-order valence-electron chi connectivity index (χ2n) is 49.0. The van der Waals surface area contributed by atoms with Gasteiger partial charge < -0.3 is 71.8 Å². The highest BCUT2D eigenvalue weighted by Crippen LogP contribution is 2.66. The number of hydrogen-bond acceptors (Lipinski definition) is 25. The van der Waals surface area contributed by atoms with Crippen molar-refractivity contribution in [2.24, 2.45) is 102 Å². The monoisotopic (exact) mass is 2040 g/mol. The maximum absolute atomic E-state index is 12.6. The number of rotatable bonds is 23. The first-order valence-corrected chi connectivity index (χ1v) is 50.6. The first kappa shape index (κ1) is 140. The maximum atomic E-state index is 12.6. The summed E-state index contributed by atoms with van der Waals surface area (Å²) in [4.78, 5) is 120. The average molecular weight is 2040 g/mol. The van der Waals surface area contributed by atoms with Crippen molar-refractivity contribution in [3.05, 3.63) is 0 Å². The molecule has 0 amide bonds. The molecule has 22 fully saturated rings. The zero-order valence-corrected chi connectivity index (χ0v) is 83.0. The Kier molecular flexibility index (Phi) is 49.8. The van der Waals surface area contributed by atoms with Crippen molar-refractivity contribution in [1.29, 1.82) is 0 Å². The van der Waals surface area contributed by atoms with Gasteiger partial charge in [0.1, 0.15) is 40.7 Å². The van der Waals surface area contributed by atoms with E-state index in [-0.39, 0.29) is 257 Å². The van der Waals surface area contributed by atoms with Gasteiger partial charge in [0.25, 0.3) is 0 Å². The van der Waals surface area contributed by atoms with Gasteiger partial charge in [0.2, 0.25) is 0 Å². The van der Waals surface area contributed by atoms with E-state index in [1.807, 2.05) is 138 Å². The lowest BCUT2D eigenvalue weighted by Crippen LogP contribution is -2.61. The van der Waals surface area contributed by atoms with E-state index in [2.05, 4.69) is 27.7 Å². The van der Waals surface area contributed by atoms with Crippen LogP contribution in [0, 0.1) is 102 Å². The number of aliphatic hydroxyl groups is 2. The fourth-order valence-electron chi connectivity index (χ4n) is 25.6. The van der Waals surface area contributed by atoms with Crippen LogP contribution in [0.1, 0.15) is 488 Å². The molecule has 9 saturated heterocycles. The Bertz CT molecular complexity index is 3800. The topological polar surface area (TPSA) is 331 Å². The van der Waals surface area contributed by atoms with Crippen LogP contribution in [0.2, 0.25) is 0 Å². The largest absolute Gasteiger partial charge is 0.459 e. The number of carbonyl (C=O) groups excluding carboxylic acids is 10. The molecular formula is C118H220O25. The third-order valence-electron chi connectivity index (χ3n) is 36.1. The minimum Gasteiger partial charge on any atom is -0.459 e. The molecule has 0 radical (unpaired) electrons. The number of esters is 10. The van der Waals surface area contributed by atoms with Gasteiger partial charge in [-0.15, -0.1) is 0 Å². The van der Waals surface area contributed by atoms with Gasteiger partial charge in [-0.3, -0.25) is 47.9 Å². The quantitative estimate of drug-likeness (QED) is 0.0709. The normalized spacial score (nSPS) is 35.3. The molecule has 18 bridgehead atoms. The molecule has 9 heterocycles. The third kappa shape index (κ3) is 28.5. The molecule has 22 rings (SSSR count). The molecule has 842 valence electrons. The van der Waals surface area contributed by atoms with E-state index in [1.165, 1.54) is 70.6 Å². The highest BCUT2D eigenvalue weighted by atomic mass is 16.7. The molecule has 19 unspecified atom stereocenters. The molecule has 0 spiro atoms. The average Bonchev–Trinajstić information content (AvgIpc) is 1.29. The van der Waals surface area contributed by atoms with Gasteiger partial charge in [0, 0.05) is 18.3 Å². The van der Waals surface area contributed by atoms with E-state index in [4.69, 9.17) is 61.6 Å². The predicted octanol–water partition coefficient (Wildman–Crippen LogP) is 27.2. The van der Waals surface area contributed by atoms with E-state index < -0.39 is 74.9 Å². The van der Waals surface area contributed by atoms with E-state index in [0.29, 0.717) is 75.0 Å². The summed E-state index contributed by atoms with van der Waals surface area (Å²) in [6.07, 6.45) is 29.9. The summed E-state index contributed by atoms with van der Waals surface area (Å²) < 4.78 is 73.3. The standard InChI is InChI=1S/C19H32O2.2C16H26O3.C14H26O2.3C13H18O5.14CH4/c1-6-17(2,3)16(20)21-18(4,5)19-10-13-7-14(11-19)9-15(8-13)12-19;2*1-4-14(2,3)13(17)19-16-8-11-5-12(9-16)7-15(18,6-11)10-16;1-5-13(3,4)12(15)16-14(6-2)10-8-7-9-11-14;3*1-4-13(2,3)12(15)18-9-7-5-6-8(16-7)10(9)17-11(6)14;;;;;;;;;;;;;;/h13-15H,6-12H2,1-5H3;2*11-12,18H,4-10H2,1-3H3;5-11H2,1-4H3;3*6-10H,4-5H2,1-3H3;14*1H4. The maximum Gasteiger partial charge on any atom is 0.312 e. The van der Waals surface area contributed by atoms with Crippen molar-refractivity contribution in [2.45, 2.75) is 595 Å². The Labute approximate surface area is 872 Å². The molecule has 19 atom stereocenters. The Balaban J connectivity index is 0. The number of ether oxygens (including phenoxy) is 13. The lowest BCUT2D eigenvalue weighted by atomic mass is 9.46. The summed E-state index contributed by atoms with van der Waals surface area (Å²) in [6, 6.07) is 0. The second kappa shape index (κ2) is 51.1. The fourth-order valence-corrected chi connectivity index (χ4v) is 25.6. The highest BCUT2D eigenvalue weighted by Gasteiger charge is 2.70. The summed E-state index contributed by atoms with van der Waals surface area (Å²) in [5.41, 5.74) is -5.09. The van der Waals surface area contributed by atoms with E-state index >= 15 is 0 Å². The number of carbonyl (C=O) groups is 10. The van der Waals surface area contributed by atoms with Crippen molar-refractivity contribution < 1.29 is 120 Å². The zero-order chi connectivity index (χ0) is 94.7. The Hall–Kier alpha value is -5.50. The lowest BCUT2D eigenvalue weighted by Gasteiger charge is -2.61. The van der Waals surface area contributed by atoms with Crippen molar-refractivity contribution >= 4 is 59.7 Å². The number of hydrogen-bond donors (Lipinski definition) is 2. The van der Waals surface area contributed by atoms with E-state index in [1.54, 1.807) is 0 Å². The van der Waals surface area contributed by atoms with Crippen molar-refractivity contribution in [3.8, 4) is 0 Å². The van der Waals surface area contributed by atoms with Crippen molar-refractivity contribution in [2.75, 3.05) is 0 Å². The van der Waals surface area contributed by atoms with Crippen LogP contribution in [0.3, 0.4) is 0 Å². The molecule has 0 aromatic rings. The van der Waals surface area contributed by atoms with Crippen LogP contribution >= 0.6 is 0 Å². The van der Waals surface area contributed by atoms with Crippen LogP contribution in [0.5, 0.6) is 0 Å². The number of fused-ring (bicyclic) bond motifs is 3. The van der Waals surface area contributed by atoms with Crippen molar-refractivity contribution in [1.82, 2.24) is 0 Å². The minimum absolute atomic E-state index is 0. The predicted molar refractivity (Wildman–Crippen MR) is 572 cm³/mol. The molecule has 0 aromatic carbocycles. The molecule has 2 N–H and O–H groups in total. The minimum atomic E-state index is -0.555. The first-order chi connectivity index (χ1) is 60.0. The van der Waals surface area contributed by atoms with Gasteiger partial charge in [0.05, 0.1) is 85.2 Å². The Morgan fingerprint density at radius 2 is 0.538 bits per heavy atom. The van der Waals surface area contributed by atoms with Gasteiger partial charge >= 0.3 is 59.7 Å². The summed E-state index contributed by atoms with van der Waals surface area (Å²) in [6.45, 7) is 47.4. The van der Waals surface area contributed by atoms with Crippen LogP contribution in [0.15, 0.2) is 0 Å². The highest BCUT2D eigenvalue weighted by molar-refractivity contribution is 5.82. The van der Waals surface area contributed by atoms with Gasteiger partial charge in [-0.2, -0.15) is 0 Å². The molecule has 25 nitrogen and oxygen atoms in total. The van der Waals surface area contributed by atoms with Crippen LogP contribution in [0.25, 0.3) is 0 Å². The van der Waals surface area contributed by atoms with Crippen LogP contribution in [0.4, 0.5) is 0 Å². The first-order valence-electron chi connectivity index (χ1n) is 50.6. The summed E-state index contributed by atoms with van der Waals surface area (Å²) in [5.74, 6) is 2.95. The van der Waals surface area contributed by atoms with Crippen LogP contribution in [-0.4, -0.2) is 177 Å². The second-order valence-corrected chi connectivity index (χ2v) is 49.0. The summed E-state index contributed by atoms with van der Waals surface area (Å²) in [7, 11) is 0. The van der Waals surface area contributed by atoms with Gasteiger partial charge in [-0.25, -0.2) is 0 Å². The van der Waals surface area contributed by atoms with Gasteiger partial charge in [-0.1, -0.05) is 166 Å². The molecular weight excluding hydrogens is 1820 g/mol. The van der Waals surface area contributed by atoms with Crippen LogP contribution < -0.4 is 0 Å².